The number of aromatic nitrogens is 1. The minimum atomic E-state index is -0.225. The summed E-state index contributed by atoms with van der Waals surface area (Å²) in [6, 6.07) is 0. The van der Waals surface area contributed by atoms with E-state index in [-0.39, 0.29) is 4.83 Å². The number of thiazole rings is 1. The van der Waals surface area contributed by atoms with Crippen molar-refractivity contribution in [3.05, 3.63) is 16.6 Å². The number of rotatable bonds is 2. The van der Waals surface area contributed by atoms with Gasteiger partial charge in [-0.3, -0.25) is 0 Å². The van der Waals surface area contributed by atoms with Gasteiger partial charge in [0.1, 0.15) is 16.1 Å². The van der Waals surface area contributed by atoms with Crippen LogP contribution in [0.4, 0.5) is 0 Å². The Labute approximate surface area is 65.1 Å². The van der Waals surface area contributed by atoms with Gasteiger partial charge in [0.2, 0.25) is 0 Å². The Bertz CT molecular complexity index is 187. The molecule has 0 saturated heterocycles. The molecule has 1 heterocycles. The standard InChI is InChI=1S/C5H4BrNOS/c6-4(3-8)5-7-1-2-9-5/h1-4H. The third kappa shape index (κ3) is 1.59. The molecule has 0 bridgehead atoms. The van der Waals surface area contributed by atoms with Crippen LogP contribution in [0.2, 0.25) is 0 Å². The van der Waals surface area contributed by atoms with Crippen LogP contribution >= 0.6 is 27.3 Å². The molecule has 0 aromatic carbocycles. The predicted molar refractivity (Wildman–Crippen MR) is 39.8 cm³/mol. The number of carbonyl (C=O) groups excluding carboxylic acids is 1. The molecule has 0 amide bonds. The molecule has 48 valence electrons. The van der Waals surface area contributed by atoms with Gasteiger partial charge in [-0.1, -0.05) is 15.9 Å². The Morgan fingerprint density at radius 1 is 1.89 bits per heavy atom. The van der Waals surface area contributed by atoms with Crippen LogP contribution < -0.4 is 0 Å². The summed E-state index contributed by atoms with van der Waals surface area (Å²) >= 11 is 4.61. The quantitative estimate of drug-likeness (QED) is 0.545. The van der Waals surface area contributed by atoms with Crippen LogP contribution in [0.3, 0.4) is 0 Å². The number of halogens is 1. The van der Waals surface area contributed by atoms with E-state index in [1.165, 1.54) is 11.3 Å². The predicted octanol–water partition coefficient (Wildman–Crippen LogP) is 1.78. The summed E-state index contributed by atoms with van der Waals surface area (Å²) in [4.78, 5) is 13.8. The van der Waals surface area contributed by atoms with Crippen LogP contribution in [0.5, 0.6) is 0 Å². The van der Waals surface area contributed by atoms with Gasteiger partial charge in [0.15, 0.2) is 0 Å². The first kappa shape index (κ1) is 6.89. The average molecular weight is 206 g/mol. The molecule has 0 aliphatic carbocycles. The summed E-state index contributed by atoms with van der Waals surface area (Å²) in [6.45, 7) is 0. The van der Waals surface area contributed by atoms with Crippen molar-refractivity contribution in [1.82, 2.24) is 4.98 Å². The summed E-state index contributed by atoms with van der Waals surface area (Å²) in [5.41, 5.74) is 0. The van der Waals surface area contributed by atoms with Crippen molar-refractivity contribution in [3.8, 4) is 0 Å². The molecular formula is C5H4BrNOS. The van der Waals surface area contributed by atoms with E-state index in [0.29, 0.717) is 0 Å². The second-order valence-electron chi connectivity index (χ2n) is 1.41. The summed E-state index contributed by atoms with van der Waals surface area (Å²) in [5, 5.41) is 2.65. The minimum absolute atomic E-state index is 0.225. The van der Waals surface area contributed by atoms with E-state index in [2.05, 4.69) is 20.9 Å². The molecule has 9 heavy (non-hydrogen) atoms. The van der Waals surface area contributed by atoms with E-state index in [1.807, 2.05) is 5.38 Å². The molecule has 0 aliphatic heterocycles. The first-order valence-electron chi connectivity index (χ1n) is 2.33. The van der Waals surface area contributed by atoms with Gasteiger partial charge in [0.05, 0.1) is 0 Å². The van der Waals surface area contributed by atoms with Gasteiger partial charge in [-0.25, -0.2) is 4.98 Å². The molecule has 1 rings (SSSR count). The van der Waals surface area contributed by atoms with E-state index in [4.69, 9.17) is 0 Å². The van der Waals surface area contributed by atoms with Gasteiger partial charge in [-0.2, -0.15) is 0 Å². The molecule has 0 radical (unpaired) electrons. The normalized spacial score (nSPS) is 13.0. The monoisotopic (exact) mass is 205 g/mol. The molecule has 1 atom stereocenters. The topological polar surface area (TPSA) is 30.0 Å². The SMILES string of the molecule is O=CC(Br)c1nccs1. The third-order valence-electron chi connectivity index (χ3n) is 0.807. The second-order valence-corrected chi connectivity index (χ2v) is 3.32. The van der Waals surface area contributed by atoms with Gasteiger partial charge in [0, 0.05) is 11.6 Å². The summed E-state index contributed by atoms with van der Waals surface area (Å²) in [6.07, 6.45) is 2.50. The van der Waals surface area contributed by atoms with Crippen LogP contribution in [-0.2, 0) is 4.79 Å². The number of hydrogen-bond donors (Lipinski definition) is 0. The van der Waals surface area contributed by atoms with Crippen LogP contribution in [0, 0.1) is 0 Å². The Morgan fingerprint density at radius 3 is 3.11 bits per heavy atom. The Balaban J connectivity index is 2.76. The zero-order valence-electron chi connectivity index (χ0n) is 4.45. The molecule has 1 aromatic heterocycles. The Hall–Kier alpha value is -0.220. The fourth-order valence-electron chi connectivity index (χ4n) is 0.429. The minimum Gasteiger partial charge on any atom is -0.302 e. The number of alkyl halides is 1. The van der Waals surface area contributed by atoms with Gasteiger partial charge in [-0.05, 0) is 0 Å². The molecule has 0 fully saturated rings. The van der Waals surface area contributed by atoms with Gasteiger partial charge < -0.3 is 4.79 Å². The highest BCUT2D eigenvalue weighted by atomic mass is 79.9. The Morgan fingerprint density at radius 2 is 2.67 bits per heavy atom. The molecule has 1 unspecified atom stereocenters. The maximum atomic E-state index is 10.1. The smallest absolute Gasteiger partial charge is 0.140 e. The lowest BCUT2D eigenvalue weighted by Crippen LogP contribution is -1.87. The average Bonchev–Trinajstić information content (AvgIpc) is 2.37. The lowest BCUT2D eigenvalue weighted by atomic mass is 10.5. The first-order chi connectivity index (χ1) is 4.34. The highest BCUT2D eigenvalue weighted by Gasteiger charge is 2.06. The van der Waals surface area contributed by atoms with Crippen LogP contribution in [-0.4, -0.2) is 11.3 Å². The van der Waals surface area contributed by atoms with Crippen molar-refractivity contribution in [1.29, 1.82) is 0 Å². The van der Waals surface area contributed by atoms with Crippen molar-refractivity contribution in [3.63, 3.8) is 0 Å². The lowest BCUT2D eigenvalue weighted by molar-refractivity contribution is -0.107. The Kier molecular flexibility index (Phi) is 2.36. The van der Waals surface area contributed by atoms with E-state index in [1.54, 1.807) is 6.20 Å². The van der Waals surface area contributed by atoms with E-state index >= 15 is 0 Å². The fourth-order valence-corrected chi connectivity index (χ4v) is 1.44. The number of carbonyl (C=O) groups is 1. The van der Waals surface area contributed by atoms with Gasteiger partial charge in [-0.15, -0.1) is 11.3 Å². The molecule has 4 heteroatoms. The highest BCUT2D eigenvalue weighted by molar-refractivity contribution is 9.09. The van der Waals surface area contributed by atoms with Crippen LogP contribution in [0.25, 0.3) is 0 Å². The van der Waals surface area contributed by atoms with E-state index < -0.39 is 0 Å². The number of hydrogen-bond acceptors (Lipinski definition) is 3. The van der Waals surface area contributed by atoms with E-state index in [9.17, 15) is 4.79 Å². The molecule has 0 spiro atoms. The van der Waals surface area contributed by atoms with Crippen molar-refractivity contribution in [2.75, 3.05) is 0 Å². The van der Waals surface area contributed by atoms with Crippen LogP contribution in [0.1, 0.15) is 9.83 Å². The molecule has 2 nitrogen and oxygen atoms in total. The third-order valence-corrected chi connectivity index (χ3v) is 2.62. The molecular weight excluding hydrogens is 202 g/mol. The summed E-state index contributed by atoms with van der Waals surface area (Å²) in [7, 11) is 0. The zero-order chi connectivity index (χ0) is 6.69. The second kappa shape index (κ2) is 3.08. The number of aldehydes is 1. The van der Waals surface area contributed by atoms with Crippen molar-refractivity contribution in [2.24, 2.45) is 0 Å². The maximum absolute atomic E-state index is 10.1. The molecule has 0 N–H and O–H groups in total. The van der Waals surface area contributed by atoms with E-state index in [0.717, 1.165) is 11.3 Å². The lowest BCUT2D eigenvalue weighted by Gasteiger charge is -1.90. The largest absolute Gasteiger partial charge is 0.302 e. The summed E-state index contributed by atoms with van der Waals surface area (Å²) in [5.74, 6) is 0. The van der Waals surface area contributed by atoms with Crippen molar-refractivity contribution < 1.29 is 4.79 Å². The molecule has 0 saturated carbocycles. The zero-order valence-corrected chi connectivity index (χ0v) is 6.85. The fraction of sp³-hybridized carbons (Fsp3) is 0.200. The first-order valence-corrected chi connectivity index (χ1v) is 4.13. The molecule has 0 aliphatic rings. The number of nitrogens with zero attached hydrogens (tertiary/aromatic N) is 1. The maximum Gasteiger partial charge on any atom is 0.140 e. The van der Waals surface area contributed by atoms with Gasteiger partial charge >= 0.3 is 0 Å². The summed E-state index contributed by atoms with van der Waals surface area (Å²) < 4.78 is 0. The van der Waals surface area contributed by atoms with Crippen molar-refractivity contribution in [2.45, 2.75) is 4.83 Å². The van der Waals surface area contributed by atoms with Crippen molar-refractivity contribution >= 4 is 33.6 Å². The van der Waals surface area contributed by atoms with Gasteiger partial charge in [0.25, 0.3) is 0 Å². The highest BCUT2D eigenvalue weighted by Crippen LogP contribution is 2.21. The molecule has 1 aromatic rings. The van der Waals surface area contributed by atoms with Crippen LogP contribution in [0.15, 0.2) is 11.6 Å².